The van der Waals surface area contributed by atoms with Crippen LogP contribution in [0, 0.1) is 6.92 Å². The van der Waals surface area contributed by atoms with Crippen LogP contribution in [0.5, 0.6) is 0 Å². The quantitative estimate of drug-likeness (QED) is 0.717. The summed E-state index contributed by atoms with van der Waals surface area (Å²) in [7, 11) is 0. The summed E-state index contributed by atoms with van der Waals surface area (Å²) in [5, 5.41) is 2.33. The first kappa shape index (κ1) is 10.7. The van der Waals surface area contributed by atoms with Crippen LogP contribution in [0.3, 0.4) is 0 Å². The maximum absolute atomic E-state index is 10.8. The molecule has 0 amide bonds. The smallest absolute Gasteiger partial charge is 0.302 e. The second-order valence-corrected chi connectivity index (χ2v) is 3.93. The van der Waals surface area contributed by atoms with Gasteiger partial charge in [0.15, 0.2) is 0 Å². The van der Waals surface area contributed by atoms with E-state index in [2.05, 4.69) is 18.2 Å². The summed E-state index contributed by atoms with van der Waals surface area (Å²) in [6.45, 7) is 3.82. The van der Waals surface area contributed by atoms with Gasteiger partial charge in [0.1, 0.15) is 6.61 Å². The first-order valence-corrected chi connectivity index (χ1v) is 5.28. The maximum atomic E-state index is 10.8. The van der Waals surface area contributed by atoms with E-state index in [4.69, 9.17) is 4.74 Å². The largest absolute Gasteiger partial charge is 0.461 e. The number of fused-ring (bicyclic) bond motifs is 1. The van der Waals surface area contributed by atoms with E-state index in [-0.39, 0.29) is 5.97 Å². The number of esters is 1. The zero-order valence-electron chi connectivity index (χ0n) is 9.49. The summed E-state index contributed by atoms with van der Waals surface area (Å²) in [6, 6.07) is 12.3. The zero-order valence-corrected chi connectivity index (χ0v) is 9.49. The van der Waals surface area contributed by atoms with Crippen molar-refractivity contribution in [2.45, 2.75) is 20.5 Å². The normalized spacial score (nSPS) is 10.4. The molecule has 0 aromatic heterocycles. The minimum atomic E-state index is -0.245. The number of hydrogen-bond acceptors (Lipinski definition) is 2. The average Bonchev–Trinajstić information content (AvgIpc) is 2.25. The number of rotatable bonds is 2. The highest BCUT2D eigenvalue weighted by Gasteiger charge is 2.03. The van der Waals surface area contributed by atoms with Crippen molar-refractivity contribution in [2.75, 3.05) is 0 Å². The second-order valence-electron chi connectivity index (χ2n) is 3.93. The van der Waals surface area contributed by atoms with Crippen LogP contribution in [0.1, 0.15) is 18.1 Å². The molecule has 2 heteroatoms. The Hall–Kier alpha value is -1.83. The van der Waals surface area contributed by atoms with Crippen LogP contribution in [0.25, 0.3) is 10.8 Å². The van der Waals surface area contributed by atoms with Gasteiger partial charge in [-0.15, -0.1) is 0 Å². The summed E-state index contributed by atoms with van der Waals surface area (Å²) in [4.78, 5) is 10.8. The molecule has 0 heterocycles. The molecule has 0 fully saturated rings. The Labute approximate surface area is 94.8 Å². The first-order chi connectivity index (χ1) is 7.66. The number of hydrogen-bond donors (Lipinski definition) is 0. The molecular weight excluding hydrogens is 200 g/mol. The van der Waals surface area contributed by atoms with E-state index in [1.54, 1.807) is 0 Å². The van der Waals surface area contributed by atoms with E-state index in [1.165, 1.54) is 17.9 Å². The lowest BCUT2D eigenvalue weighted by atomic mass is 10.0. The minimum Gasteiger partial charge on any atom is -0.461 e. The van der Waals surface area contributed by atoms with Crippen LogP contribution < -0.4 is 0 Å². The predicted octanol–water partition coefficient (Wildman–Crippen LogP) is 3.21. The van der Waals surface area contributed by atoms with Crippen molar-refractivity contribution in [3.63, 3.8) is 0 Å². The molecule has 0 aliphatic rings. The van der Waals surface area contributed by atoms with Gasteiger partial charge in [-0.1, -0.05) is 42.0 Å². The Morgan fingerprint density at radius 3 is 2.75 bits per heavy atom. The topological polar surface area (TPSA) is 26.3 Å². The molecule has 0 unspecified atom stereocenters. The van der Waals surface area contributed by atoms with E-state index in [1.807, 2.05) is 25.1 Å². The first-order valence-electron chi connectivity index (χ1n) is 5.28. The van der Waals surface area contributed by atoms with Gasteiger partial charge < -0.3 is 4.74 Å². The van der Waals surface area contributed by atoms with Crippen LogP contribution in [0.2, 0.25) is 0 Å². The van der Waals surface area contributed by atoms with E-state index < -0.39 is 0 Å². The van der Waals surface area contributed by atoms with Gasteiger partial charge in [-0.25, -0.2) is 0 Å². The highest BCUT2D eigenvalue weighted by Crippen LogP contribution is 2.21. The number of carbonyl (C=O) groups excluding carboxylic acids is 1. The Morgan fingerprint density at radius 1 is 1.25 bits per heavy atom. The van der Waals surface area contributed by atoms with E-state index in [0.717, 1.165) is 10.9 Å². The summed E-state index contributed by atoms with van der Waals surface area (Å²) in [5.74, 6) is -0.245. The fraction of sp³-hybridized carbons (Fsp3) is 0.214. The standard InChI is InChI=1S/C14H14O2/c1-10-7-12-5-3-4-6-14(12)13(8-10)9-16-11(2)15/h3-8H,9H2,1-2H3. The minimum absolute atomic E-state index is 0.245. The Balaban J connectivity index is 2.46. The van der Waals surface area contributed by atoms with Gasteiger partial charge in [0.25, 0.3) is 0 Å². The van der Waals surface area contributed by atoms with E-state index >= 15 is 0 Å². The highest BCUT2D eigenvalue weighted by molar-refractivity contribution is 5.86. The number of carbonyl (C=O) groups is 1. The number of ether oxygens (including phenoxy) is 1. The molecule has 2 rings (SSSR count). The molecule has 0 atom stereocenters. The molecule has 0 radical (unpaired) electrons. The monoisotopic (exact) mass is 214 g/mol. The fourth-order valence-corrected chi connectivity index (χ4v) is 1.85. The molecule has 2 aromatic carbocycles. The predicted molar refractivity (Wildman–Crippen MR) is 64.2 cm³/mol. The third-order valence-electron chi connectivity index (χ3n) is 2.52. The SMILES string of the molecule is CC(=O)OCc1cc(C)cc2ccccc12. The van der Waals surface area contributed by atoms with Crippen molar-refractivity contribution in [2.24, 2.45) is 0 Å². The van der Waals surface area contributed by atoms with Crippen molar-refractivity contribution in [1.29, 1.82) is 0 Å². The Morgan fingerprint density at radius 2 is 2.00 bits per heavy atom. The van der Waals surface area contributed by atoms with Gasteiger partial charge in [0, 0.05) is 6.92 Å². The summed E-state index contributed by atoms with van der Waals surface area (Å²) >= 11 is 0. The zero-order chi connectivity index (χ0) is 11.5. The second kappa shape index (κ2) is 4.35. The molecule has 0 aliphatic heterocycles. The van der Waals surface area contributed by atoms with Crippen LogP contribution in [0.4, 0.5) is 0 Å². The molecular formula is C14H14O2. The molecule has 2 aromatic rings. The molecule has 16 heavy (non-hydrogen) atoms. The molecule has 0 saturated heterocycles. The van der Waals surface area contributed by atoms with Gasteiger partial charge in [-0.3, -0.25) is 4.79 Å². The van der Waals surface area contributed by atoms with Crippen molar-refractivity contribution in [3.8, 4) is 0 Å². The van der Waals surface area contributed by atoms with Gasteiger partial charge >= 0.3 is 5.97 Å². The summed E-state index contributed by atoms with van der Waals surface area (Å²) in [6.07, 6.45) is 0. The van der Waals surface area contributed by atoms with Crippen molar-refractivity contribution in [1.82, 2.24) is 0 Å². The van der Waals surface area contributed by atoms with Gasteiger partial charge in [0.2, 0.25) is 0 Å². The van der Waals surface area contributed by atoms with Crippen molar-refractivity contribution in [3.05, 3.63) is 47.5 Å². The molecule has 0 aliphatic carbocycles. The van der Waals surface area contributed by atoms with Crippen LogP contribution in [0.15, 0.2) is 36.4 Å². The lowest BCUT2D eigenvalue weighted by Gasteiger charge is -2.08. The lowest BCUT2D eigenvalue weighted by Crippen LogP contribution is -1.99. The molecule has 2 nitrogen and oxygen atoms in total. The molecule has 82 valence electrons. The van der Waals surface area contributed by atoms with Crippen molar-refractivity contribution < 1.29 is 9.53 Å². The Bertz CT molecular complexity index is 529. The molecule has 0 saturated carbocycles. The average molecular weight is 214 g/mol. The third kappa shape index (κ3) is 2.22. The molecule has 0 spiro atoms. The molecule has 0 N–H and O–H groups in total. The summed E-state index contributed by atoms with van der Waals surface area (Å²) in [5.41, 5.74) is 2.24. The van der Waals surface area contributed by atoms with Gasteiger partial charge in [-0.2, -0.15) is 0 Å². The maximum Gasteiger partial charge on any atom is 0.302 e. The number of benzene rings is 2. The highest BCUT2D eigenvalue weighted by atomic mass is 16.5. The lowest BCUT2D eigenvalue weighted by molar-refractivity contribution is -0.142. The molecule has 0 bridgehead atoms. The van der Waals surface area contributed by atoms with E-state index in [9.17, 15) is 4.79 Å². The Kier molecular flexibility index (Phi) is 2.91. The van der Waals surface area contributed by atoms with Crippen molar-refractivity contribution >= 4 is 16.7 Å². The summed E-state index contributed by atoms with van der Waals surface area (Å²) < 4.78 is 5.05. The van der Waals surface area contributed by atoms with Crippen LogP contribution >= 0.6 is 0 Å². The van der Waals surface area contributed by atoms with Gasteiger partial charge in [-0.05, 0) is 23.3 Å². The van der Waals surface area contributed by atoms with E-state index in [0.29, 0.717) is 6.61 Å². The third-order valence-corrected chi connectivity index (χ3v) is 2.52. The van der Waals surface area contributed by atoms with Crippen LogP contribution in [-0.4, -0.2) is 5.97 Å². The fourth-order valence-electron chi connectivity index (χ4n) is 1.85. The van der Waals surface area contributed by atoms with Crippen LogP contribution in [-0.2, 0) is 16.1 Å². The van der Waals surface area contributed by atoms with Gasteiger partial charge in [0.05, 0.1) is 0 Å². The number of aryl methyl sites for hydroxylation is 1.